The fourth-order valence-corrected chi connectivity index (χ4v) is 2.09. The summed E-state index contributed by atoms with van der Waals surface area (Å²) in [6.07, 6.45) is 0. The highest BCUT2D eigenvalue weighted by Gasteiger charge is 2.10. The Morgan fingerprint density at radius 1 is 0.952 bits per heavy atom. The molecule has 0 unspecified atom stereocenters. The molecule has 0 fully saturated rings. The lowest BCUT2D eigenvalue weighted by atomic mass is 10.1. The number of rotatable bonds is 2. The molecule has 0 amide bonds. The number of phenols is 1. The van der Waals surface area contributed by atoms with E-state index in [1.807, 2.05) is 30.3 Å². The summed E-state index contributed by atoms with van der Waals surface area (Å²) in [7, 11) is 0. The van der Waals surface area contributed by atoms with E-state index in [4.69, 9.17) is 10.00 Å². The maximum atomic E-state index is 13.1. The highest BCUT2D eigenvalue weighted by molar-refractivity contribution is 5.86. The number of hydrogen-bond acceptors (Lipinski definition) is 3. The molecule has 0 bridgehead atoms. The van der Waals surface area contributed by atoms with Crippen LogP contribution in [0.1, 0.15) is 5.56 Å². The smallest absolute Gasteiger partial charge is 0.169 e. The zero-order valence-corrected chi connectivity index (χ0v) is 10.9. The minimum Gasteiger partial charge on any atom is -0.504 e. The quantitative estimate of drug-likeness (QED) is 0.758. The highest BCUT2D eigenvalue weighted by atomic mass is 19.1. The molecular formula is C17H10FNO2. The molecule has 102 valence electrons. The lowest BCUT2D eigenvalue weighted by Gasteiger charge is -2.10. The van der Waals surface area contributed by atoms with Crippen LogP contribution in [0.25, 0.3) is 10.8 Å². The van der Waals surface area contributed by atoms with Crippen molar-refractivity contribution in [3.05, 3.63) is 66.0 Å². The average Bonchev–Trinajstić information content (AvgIpc) is 2.49. The third-order valence-corrected chi connectivity index (χ3v) is 3.11. The van der Waals surface area contributed by atoms with Gasteiger partial charge in [0.15, 0.2) is 11.5 Å². The van der Waals surface area contributed by atoms with Crippen molar-refractivity contribution in [3.63, 3.8) is 0 Å². The molecule has 1 N–H and O–H groups in total. The fourth-order valence-electron chi connectivity index (χ4n) is 2.09. The van der Waals surface area contributed by atoms with Crippen LogP contribution in [0.15, 0.2) is 54.6 Å². The Labute approximate surface area is 120 Å². The summed E-state index contributed by atoms with van der Waals surface area (Å²) in [6.45, 7) is 0. The standard InChI is InChI=1S/C17H10FNO2/c18-14-5-6-16(13(7-14)10-19)21-17-9-12-4-2-1-3-11(12)8-15(17)20/h1-9,20H. The van der Waals surface area contributed by atoms with Crippen LogP contribution in [-0.4, -0.2) is 5.11 Å². The van der Waals surface area contributed by atoms with Crippen molar-refractivity contribution in [3.8, 4) is 23.3 Å². The van der Waals surface area contributed by atoms with Crippen molar-refractivity contribution in [2.45, 2.75) is 0 Å². The number of aromatic hydroxyl groups is 1. The molecule has 4 heteroatoms. The second kappa shape index (κ2) is 5.14. The second-order valence-corrected chi connectivity index (χ2v) is 4.52. The summed E-state index contributed by atoms with van der Waals surface area (Å²) in [6, 6.07) is 16.3. The van der Waals surface area contributed by atoms with Crippen LogP contribution in [0.5, 0.6) is 17.2 Å². The number of nitrogens with zero attached hydrogens (tertiary/aromatic N) is 1. The van der Waals surface area contributed by atoms with E-state index in [1.54, 1.807) is 12.1 Å². The lowest BCUT2D eigenvalue weighted by Crippen LogP contribution is -1.90. The first kappa shape index (κ1) is 12.9. The van der Waals surface area contributed by atoms with Gasteiger partial charge in [-0.1, -0.05) is 24.3 Å². The molecule has 3 aromatic carbocycles. The van der Waals surface area contributed by atoms with Gasteiger partial charge in [-0.3, -0.25) is 0 Å². The monoisotopic (exact) mass is 279 g/mol. The van der Waals surface area contributed by atoms with Gasteiger partial charge in [0.05, 0.1) is 5.56 Å². The normalized spacial score (nSPS) is 10.3. The fraction of sp³-hybridized carbons (Fsp3) is 0. The van der Waals surface area contributed by atoms with E-state index in [2.05, 4.69) is 0 Å². The first-order chi connectivity index (χ1) is 10.2. The summed E-state index contributed by atoms with van der Waals surface area (Å²) in [5.74, 6) is -0.134. The number of benzene rings is 3. The van der Waals surface area contributed by atoms with E-state index in [9.17, 15) is 9.50 Å². The Kier molecular flexibility index (Phi) is 3.17. The van der Waals surface area contributed by atoms with Gasteiger partial charge in [-0.2, -0.15) is 5.26 Å². The molecule has 0 saturated carbocycles. The summed E-state index contributed by atoms with van der Waals surface area (Å²) in [5, 5.41) is 20.8. The molecule has 0 saturated heterocycles. The van der Waals surface area contributed by atoms with Crippen LogP contribution in [0.3, 0.4) is 0 Å². The van der Waals surface area contributed by atoms with Crippen LogP contribution in [0.2, 0.25) is 0 Å². The Morgan fingerprint density at radius 2 is 1.67 bits per heavy atom. The van der Waals surface area contributed by atoms with Gasteiger partial charge in [-0.15, -0.1) is 0 Å². The number of phenolic OH excluding ortho intramolecular Hbond substituents is 1. The van der Waals surface area contributed by atoms with Gasteiger partial charge in [-0.05, 0) is 41.1 Å². The van der Waals surface area contributed by atoms with Gasteiger partial charge >= 0.3 is 0 Å². The Hall–Kier alpha value is -3.06. The van der Waals surface area contributed by atoms with Crippen LogP contribution < -0.4 is 4.74 Å². The zero-order chi connectivity index (χ0) is 14.8. The highest BCUT2D eigenvalue weighted by Crippen LogP contribution is 2.35. The van der Waals surface area contributed by atoms with Crippen molar-refractivity contribution in [1.82, 2.24) is 0 Å². The molecule has 3 nitrogen and oxygen atoms in total. The van der Waals surface area contributed by atoms with Gasteiger partial charge in [0.25, 0.3) is 0 Å². The van der Waals surface area contributed by atoms with E-state index in [0.717, 1.165) is 16.8 Å². The van der Waals surface area contributed by atoms with Crippen LogP contribution >= 0.6 is 0 Å². The van der Waals surface area contributed by atoms with E-state index in [0.29, 0.717) is 0 Å². The largest absolute Gasteiger partial charge is 0.504 e. The van der Waals surface area contributed by atoms with Gasteiger partial charge < -0.3 is 9.84 Å². The minimum absolute atomic E-state index is 0.0399. The Bertz CT molecular complexity index is 868. The number of fused-ring (bicyclic) bond motifs is 1. The topological polar surface area (TPSA) is 53.2 Å². The molecular weight excluding hydrogens is 269 g/mol. The Morgan fingerprint density at radius 3 is 2.38 bits per heavy atom. The van der Waals surface area contributed by atoms with Crippen LogP contribution in [0, 0.1) is 17.1 Å². The maximum absolute atomic E-state index is 13.1. The predicted octanol–water partition coefficient (Wildman–Crippen LogP) is 4.35. The first-order valence-corrected chi connectivity index (χ1v) is 6.26. The van der Waals surface area contributed by atoms with E-state index >= 15 is 0 Å². The van der Waals surface area contributed by atoms with E-state index in [1.165, 1.54) is 12.1 Å². The lowest BCUT2D eigenvalue weighted by molar-refractivity contribution is 0.411. The van der Waals surface area contributed by atoms with Crippen LogP contribution in [0.4, 0.5) is 4.39 Å². The van der Waals surface area contributed by atoms with Gasteiger partial charge in [0.2, 0.25) is 0 Å². The summed E-state index contributed by atoms with van der Waals surface area (Å²) in [4.78, 5) is 0. The molecule has 3 rings (SSSR count). The van der Waals surface area contributed by atoms with Crippen molar-refractivity contribution < 1.29 is 14.2 Å². The zero-order valence-electron chi connectivity index (χ0n) is 10.9. The molecule has 3 aromatic rings. The van der Waals surface area contributed by atoms with Gasteiger partial charge in [-0.25, -0.2) is 4.39 Å². The molecule has 0 spiro atoms. The molecule has 0 radical (unpaired) electrons. The number of hydrogen-bond donors (Lipinski definition) is 1. The third-order valence-electron chi connectivity index (χ3n) is 3.11. The molecule has 0 aromatic heterocycles. The van der Waals surface area contributed by atoms with Crippen molar-refractivity contribution in [2.24, 2.45) is 0 Å². The van der Waals surface area contributed by atoms with Gasteiger partial charge in [0, 0.05) is 0 Å². The molecule has 21 heavy (non-hydrogen) atoms. The predicted molar refractivity (Wildman–Crippen MR) is 76.8 cm³/mol. The Balaban J connectivity index is 2.06. The number of halogens is 1. The van der Waals surface area contributed by atoms with Crippen LogP contribution in [-0.2, 0) is 0 Å². The van der Waals surface area contributed by atoms with E-state index in [-0.39, 0.29) is 22.8 Å². The summed E-state index contributed by atoms with van der Waals surface area (Å²) < 4.78 is 18.7. The SMILES string of the molecule is N#Cc1cc(F)ccc1Oc1cc2ccccc2cc1O. The molecule has 0 aliphatic rings. The summed E-state index contributed by atoms with van der Waals surface area (Å²) in [5.41, 5.74) is 0.0718. The first-order valence-electron chi connectivity index (χ1n) is 6.26. The third kappa shape index (κ3) is 2.49. The van der Waals surface area contributed by atoms with E-state index < -0.39 is 5.82 Å². The average molecular weight is 279 g/mol. The van der Waals surface area contributed by atoms with Crippen molar-refractivity contribution >= 4 is 10.8 Å². The molecule has 0 heterocycles. The maximum Gasteiger partial charge on any atom is 0.169 e. The molecule has 0 aliphatic carbocycles. The molecule has 0 aliphatic heterocycles. The number of nitriles is 1. The van der Waals surface area contributed by atoms with Crippen molar-refractivity contribution in [2.75, 3.05) is 0 Å². The van der Waals surface area contributed by atoms with Crippen molar-refractivity contribution in [1.29, 1.82) is 5.26 Å². The molecule has 0 atom stereocenters. The number of ether oxygens (including phenoxy) is 1. The summed E-state index contributed by atoms with van der Waals surface area (Å²) >= 11 is 0. The van der Waals surface area contributed by atoms with Gasteiger partial charge in [0.1, 0.15) is 17.6 Å². The minimum atomic E-state index is -0.512. The second-order valence-electron chi connectivity index (χ2n) is 4.52.